The predicted molar refractivity (Wildman–Crippen MR) is 122 cm³/mol. The number of rotatable bonds is 3. The second-order valence-corrected chi connectivity index (χ2v) is 8.67. The van der Waals surface area contributed by atoms with E-state index in [4.69, 9.17) is 9.47 Å². The zero-order chi connectivity index (χ0) is 22.5. The van der Waals surface area contributed by atoms with Gasteiger partial charge in [-0.1, -0.05) is 24.3 Å². The Morgan fingerprint density at radius 1 is 1.03 bits per heavy atom. The molecular formula is C24H17F2N3O3S. The molecule has 166 valence electrons. The maximum atomic E-state index is 13.7. The Bertz CT molecular complexity index is 1390. The summed E-state index contributed by atoms with van der Waals surface area (Å²) < 4.78 is 38.7. The smallest absolute Gasteiger partial charge is 0.289 e. The van der Waals surface area contributed by atoms with Crippen LogP contribution < -0.4 is 19.7 Å². The molecule has 33 heavy (non-hydrogen) atoms. The number of halogens is 2. The number of amides is 1. The molecule has 9 heteroatoms. The summed E-state index contributed by atoms with van der Waals surface area (Å²) in [5.41, 5.74) is 2.97. The molecule has 2 aliphatic heterocycles. The van der Waals surface area contributed by atoms with Gasteiger partial charge in [-0.3, -0.25) is 9.69 Å². The number of aromatic nitrogens is 1. The first-order valence-electron chi connectivity index (χ1n) is 10.4. The van der Waals surface area contributed by atoms with Gasteiger partial charge in [0.2, 0.25) is 0 Å². The third kappa shape index (κ3) is 3.27. The Morgan fingerprint density at radius 2 is 1.85 bits per heavy atom. The Balaban J connectivity index is 1.53. The van der Waals surface area contributed by atoms with E-state index in [2.05, 4.69) is 10.3 Å². The van der Waals surface area contributed by atoms with E-state index in [9.17, 15) is 13.6 Å². The molecule has 1 amide bonds. The monoisotopic (exact) mass is 465 g/mol. The van der Waals surface area contributed by atoms with Crippen LogP contribution in [0.5, 0.6) is 11.5 Å². The number of benzene rings is 3. The number of hydrogen-bond acceptors (Lipinski definition) is 6. The van der Waals surface area contributed by atoms with Crippen LogP contribution in [0.15, 0.2) is 60.7 Å². The van der Waals surface area contributed by atoms with Gasteiger partial charge < -0.3 is 14.8 Å². The van der Waals surface area contributed by atoms with Crippen molar-refractivity contribution >= 4 is 38.8 Å². The van der Waals surface area contributed by atoms with Crippen molar-refractivity contribution in [3.05, 3.63) is 76.8 Å². The summed E-state index contributed by atoms with van der Waals surface area (Å²) >= 11 is 0.944. The van der Waals surface area contributed by atoms with Crippen molar-refractivity contribution in [1.82, 2.24) is 4.98 Å². The third-order valence-corrected chi connectivity index (χ3v) is 6.80. The Labute approximate surface area is 191 Å². The van der Waals surface area contributed by atoms with Gasteiger partial charge in [0.05, 0.1) is 21.5 Å². The highest BCUT2D eigenvalue weighted by atomic mass is 32.1. The number of carbonyl (C=O) groups is 1. The minimum absolute atomic E-state index is 0.207. The standard InChI is InChI=1S/C24H17F2N3O3S/c25-21(26)23-28-17-7-3-5-15(20(17)33-23)22-27-16-6-2-1-4-14(16)24(30)29(22)13-8-9-18-19(12-13)32-11-10-31-18/h1-9,12,21-22,27H,10-11H2. The first kappa shape index (κ1) is 19.9. The third-order valence-electron chi connectivity index (χ3n) is 5.67. The highest BCUT2D eigenvalue weighted by molar-refractivity contribution is 7.18. The minimum atomic E-state index is -2.66. The van der Waals surface area contributed by atoms with Gasteiger partial charge in [0.1, 0.15) is 19.4 Å². The molecule has 1 aromatic heterocycles. The SMILES string of the molecule is O=C1c2ccccc2NC(c2cccc3nc(C(F)F)sc23)N1c1ccc2c(c1)OCCO2. The largest absolute Gasteiger partial charge is 0.486 e. The Hall–Kier alpha value is -3.72. The number of thiazole rings is 1. The van der Waals surface area contributed by atoms with E-state index in [1.807, 2.05) is 18.2 Å². The van der Waals surface area contributed by atoms with Crippen molar-refractivity contribution in [1.29, 1.82) is 0 Å². The summed E-state index contributed by atoms with van der Waals surface area (Å²) in [7, 11) is 0. The van der Waals surface area contributed by atoms with Gasteiger partial charge in [-0.25, -0.2) is 13.8 Å². The van der Waals surface area contributed by atoms with Crippen LogP contribution in [0.2, 0.25) is 0 Å². The van der Waals surface area contributed by atoms with Crippen molar-refractivity contribution in [3.63, 3.8) is 0 Å². The van der Waals surface area contributed by atoms with E-state index < -0.39 is 12.6 Å². The van der Waals surface area contributed by atoms with Gasteiger partial charge in [0.25, 0.3) is 12.3 Å². The van der Waals surface area contributed by atoms with E-state index in [-0.39, 0.29) is 10.9 Å². The fraction of sp³-hybridized carbons (Fsp3) is 0.167. The molecule has 2 aliphatic rings. The zero-order valence-electron chi connectivity index (χ0n) is 17.1. The van der Waals surface area contributed by atoms with Gasteiger partial charge in [0.15, 0.2) is 16.5 Å². The quantitative estimate of drug-likeness (QED) is 0.416. The number of para-hydroxylation sites is 1. The van der Waals surface area contributed by atoms with E-state index >= 15 is 0 Å². The van der Waals surface area contributed by atoms with Gasteiger partial charge in [-0.15, -0.1) is 11.3 Å². The van der Waals surface area contributed by atoms with Crippen LogP contribution in [0.3, 0.4) is 0 Å². The van der Waals surface area contributed by atoms with Gasteiger partial charge >= 0.3 is 0 Å². The normalized spacial score (nSPS) is 17.2. The summed E-state index contributed by atoms with van der Waals surface area (Å²) in [6.07, 6.45) is -3.30. The molecule has 0 fully saturated rings. The second kappa shape index (κ2) is 7.70. The van der Waals surface area contributed by atoms with Crippen LogP contribution in [-0.4, -0.2) is 24.1 Å². The molecule has 0 saturated heterocycles. The van der Waals surface area contributed by atoms with E-state index in [1.165, 1.54) is 0 Å². The van der Waals surface area contributed by atoms with E-state index in [1.54, 1.807) is 47.4 Å². The molecule has 1 unspecified atom stereocenters. The summed E-state index contributed by atoms with van der Waals surface area (Å²) in [5.74, 6) is 0.965. The molecule has 0 spiro atoms. The summed E-state index contributed by atoms with van der Waals surface area (Å²) in [5, 5.41) is 3.18. The Morgan fingerprint density at radius 3 is 2.70 bits per heavy atom. The van der Waals surface area contributed by atoms with Gasteiger partial charge in [0, 0.05) is 17.3 Å². The number of carbonyl (C=O) groups excluding carboxylic acids is 1. The molecule has 0 saturated carbocycles. The summed E-state index contributed by atoms with van der Waals surface area (Å²) in [6.45, 7) is 0.887. The minimum Gasteiger partial charge on any atom is -0.486 e. The van der Waals surface area contributed by atoms with Crippen LogP contribution in [0, 0.1) is 0 Å². The van der Waals surface area contributed by atoms with Crippen molar-refractivity contribution in [2.45, 2.75) is 12.6 Å². The maximum Gasteiger partial charge on any atom is 0.289 e. The molecule has 4 aromatic rings. The fourth-order valence-electron chi connectivity index (χ4n) is 4.22. The molecule has 0 aliphatic carbocycles. The first-order chi connectivity index (χ1) is 16.1. The number of ether oxygens (including phenoxy) is 2. The number of nitrogens with one attached hydrogen (secondary N) is 1. The van der Waals surface area contributed by atoms with E-state index in [0.717, 1.165) is 11.3 Å². The van der Waals surface area contributed by atoms with Crippen LogP contribution >= 0.6 is 11.3 Å². The summed E-state index contributed by atoms with van der Waals surface area (Å²) in [6, 6.07) is 17.9. The van der Waals surface area contributed by atoms with Crippen LogP contribution in [0.4, 0.5) is 20.2 Å². The average molecular weight is 465 g/mol. The molecule has 6 nitrogen and oxygen atoms in total. The first-order valence-corrected chi connectivity index (χ1v) is 11.2. The lowest BCUT2D eigenvalue weighted by atomic mass is 10.0. The number of alkyl halides is 2. The van der Waals surface area contributed by atoms with Gasteiger partial charge in [-0.2, -0.15) is 0 Å². The molecular weight excluding hydrogens is 448 g/mol. The van der Waals surface area contributed by atoms with Gasteiger partial charge in [-0.05, 0) is 30.3 Å². The Kier molecular flexibility index (Phi) is 4.65. The van der Waals surface area contributed by atoms with Crippen molar-refractivity contribution in [2.75, 3.05) is 23.4 Å². The van der Waals surface area contributed by atoms with Crippen LogP contribution in [0.25, 0.3) is 10.2 Å². The molecule has 3 heterocycles. The fourth-order valence-corrected chi connectivity index (χ4v) is 5.17. The van der Waals surface area contributed by atoms with E-state index in [0.29, 0.717) is 57.4 Å². The molecule has 3 aromatic carbocycles. The number of anilines is 2. The number of hydrogen-bond donors (Lipinski definition) is 1. The van der Waals surface area contributed by atoms with Crippen molar-refractivity contribution in [3.8, 4) is 11.5 Å². The molecule has 0 bridgehead atoms. The predicted octanol–water partition coefficient (Wildman–Crippen LogP) is 5.78. The lowest BCUT2D eigenvalue weighted by Gasteiger charge is -2.38. The summed E-state index contributed by atoms with van der Waals surface area (Å²) in [4.78, 5) is 19.4. The second-order valence-electron chi connectivity index (χ2n) is 7.64. The number of nitrogens with zero attached hydrogens (tertiary/aromatic N) is 2. The zero-order valence-corrected chi connectivity index (χ0v) is 17.9. The lowest BCUT2D eigenvalue weighted by molar-refractivity contribution is 0.0975. The highest BCUT2D eigenvalue weighted by Crippen LogP contribution is 2.43. The highest BCUT2D eigenvalue weighted by Gasteiger charge is 2.36. The van der Waals surface area contributed by atoms with Crippen LogP contribution in [-0.2, 0) is 0 Å². The lowest BCUT2D eigenvalue weighted by Crippen LogP contribution is -2.43. The molecule has 1 N–H and O–H groups in total. The average Bonchev–Trinajstić information content (AvgIpc) is 3.29. The number of fused-ring (bicyclic) bond motifs is 3. The molecule has 0 radical (unpaired) electrons. The maximum absolute atomic E-state index is 13.7. The van der Waals surface area contributed by atoms with Crippen molar-refractivity contribution in [2.24, 2.45) is 0 Å². The van der Waals surface area contributed by atoms with Crippen LogP contribution in [0.1, 0.15) is 33.5 Å². The molecule has 6 rings (SSSR count). The topological polar surface area (TPSA) is 63.7 Å². The van der Waals surface area contributed by atoms with Crippen molar-refractivity contribution < 1.29 is 23.0 Å². The molecule has 1 atom stereocenters.